The number of anilines is 1. The molecule has 0 spiro atoms. The third-order valence-corrected chi connectivity index (χ3v) is 3.21. The second-order valence-electron chi connectivity index (χ2n) is 4.52. The quantitative estimate of drug-likeness (QED) is 0.789. The summed E-state index contributed by atoms with van der Waals surface area (Å²) in [6.07, 6.45) is 3.89. The Labute approximate surface area is 109 Å². The molecule has 0 bridgehead atoms. The number of likely N-dealkylation sites (N-methyl/N-ethyl adjacent to an activating group) is 1. The van der Waals surface area contributed by atoms with Gasteiger partial charge in [0, 0.05) is 25.7 Å². The Morgan fingerprint density at radius 2 is 2.22 bits per heavy atom. The van der Waals surface area contributed by atoms with Gasteiger partial charge < -0.3 is 10.2 Å². The molecule has 0 aromatic carbocycles. The van der Waals surface area contributed by atoms with Crippen LogP contribution in [0.2, 0.25) is 0 Å². The summed E-state index contributed by atoms with van der Waals surface area (Å²) in [4.78, 5) is 14.0. The minimum absolute atomic E-state index is 0.0378. The molecule has 0 fully saturated rings. The Hall–Kier alpha value is -1.36. The number of nitrogens with one attached hydrogen (secondary N) is 1. The number of hydrogen-bond acceptors (Lipinski definition) is 4. The summed E-state index contributed by atoms with van der Waals surface area (Å²) in [5, 5.41) is 7.46. The molecule has 5 nitrogen and oxygen atoms in total. The van der Waals surface area contributed by atoms with E-state index in [4.69, 9.17) is 0 Å². The van der Waals surface area contributed by atoms with E-state index in [1.54, 1.807) is 12.3 Å². The molecule has 0 aliphatic heterocycles. The van der Waals surface area contributed by atoms with Crippen molar-refractivity contribution in [3.8, 4) is 0 Å². The Balaban J connectivity index is 2.82. The smallest absolute Gasteiger partial charge is 0.268 e. The minimum Gasteiger partial charge on any atom is -0.373 e. The van der Waals surface area contributed by atoms with E-state index in [0.717, 1.165) is 25.1 Å². The van der Waals surface area contributed by atoms with Gasteiger partial charge in [-0.2, -0.15) is 5.10 Å². The summed E-state index contributed by atoms with van der Waals surface area (Å²) in [5.41, 5.74) is 0.833. The molecule has 0 saturated carbocycles. The summed E-state index contributed by atoms with van der Waals surface area (Å²) in [5.74, 6) is 0. The molecular weight excluding hydrogens is 228 g/mol. The molecule has 1 heterocycles. The first-order valence-corrected chi connectivity index (χ1v) is 6.57. The van der Waals surface area contributed by atoms with Gasteiger partial charge >= 0.3 is 0 Å². The molecule has 0 aliphatic rings. The first-order valence-electron chi connectivity index (χ1n) is 6.57. The van der Waals surface area contributed by atoms with Gasteiger partial charge in [-0.25, -0.2) is 4.68 Å². The van der Waals surface area contributed by atoms with E-state index in [9.17, 15) is 4.79 Å². The molecule has 1 N–H and O–H groups in total. The lowest BCUT2D eigenvalue weighted by atomic mass is 10.2. The SMILES string of the molecule is CCCC(Cn1ncc(N(C)CC)cc1=O)NC. The van der Waals surface area contributed by atoms with Crippen LogP contribution in [0.5, 0.6) is 0 Å². The largest absolute Gasteiger partial charge is 0.373 e. The molecule has 1 aromatic heterocycles. The second kappa shape index (κ2) is 7.16. The highest BCUT2D eigenvalue weighted by Gasteiger charge is 2.09. The predicted molar refractivity (Wildman–Crippen MR) is 75.2 cm³/mol. The number of nitrogens with zero attached hydrogens (tertiary/aromatic N) is 3. The average molecular weight is 252 g/mol. The Morgan fingerprint density at radius 1 is 1.50 bits per heavy atom. The highest BCUT2D eigenvalue weighted by atomic mass is 16.1. The average Bonchev–Trinajstić information content (AvgIpc) is 2.39. The van der Waals surface area contributed by atoms with Crippen LogP contribution in [0.15, 0.2) is 17.1 Å². The van der Waals surface area contributed by atoms with Crippen LogP contribution in [0.1, 0.15) is 26.7 Å². The van der Waals surface area contributed by atoms with Crippen molar-refractivity contribution >= 4 is 5.69 Å². The zero-order valence-corrected chi connectivity index (χ0v) is 11.8. The molecule has 1 rings (SSSR count). The van der Waals surface area contributed by atoms with Crippen molar-refractivity contribution in [2.45, 2.75) is 39.3 Å². The monoisotopic (exact) mass is 252 g/mol. The van der Waals surface area contributed by atoms with Crippen LogP contribution < -0.4 is 15.8 Å². The number of rotatable bonds is 7. The summed E-state index contributed by atoms with van der Waals surface area (Å²) in [6, 6.07) is 1.95. The Kier molecular flexibility index (Phi) is 5.85. The third-order valence-electron chi connectivity index (χ3n) is 3.21. The maximum atomic E-state index is 12.0. The molecule has 0 radical (unpaired) electrons. The lowest BCUT2D eigenvalue weighted by molar-refractivity contribution is 0.415. The van der Waals surface area contributed by atoms with Crippen LogP contribution in [0, 0.1) is 0 Å². The molecule has 1 atom stereocenters. The first-order chi connectivity index (χ1) is 8.62. The Bertz CT molecular complexity index is 416. The molecule has 5 heteroatoms. The summed E-state index contributed by atoms with van der Waals surface area (Å²) >= 11 is 0. The van der Waals surface area contributed by atoms with Gasteiger partial charge in [0.25, 0.3) is 5.56 Å². The van der Waals surface area contributed by atoms with Gasteiger partial charge in [0.15, 0.2) is 0 Å². The molecule has 102 valence electrons. The molecule has 18 heavy (non-hydrogen) atoms. The van der Waals surface area contributed by atoms with Crippen LogP contribution in [0.3, 0.4) is 0 Å². The number of aromatic nitrogens is 2. The van der Waals surface area contributed by atoms with Crippen molar-refractivity contribution in [3.63, 3.8) is 0 Å². The fourth-order valence-corrected chi connectivity index (χ4v) is 1.84. The van der Waals surface area contributed by atoms with E-state index in [1.165, 1.54) is 4.68 Å². The van der Waals surface area contributed by atoms with Crippen molar-refractivity contribution < 1.29 is 0 Å². The fraction of sp³-hybridized carbons (Fsp3) is 0.692. The Morgan fingerprint density at radius 3 is 2.72 bits per heavy atom. The summed E-state index contributed by atoms with van der Waals surface area (Å²) in [6.45, 7) is 5.67. The zero-order valence-electron chi connectivity index (χ0n) is 11.8. The van der Waals surface area contributed by atoms with Gasteiger partial charge in [-0.3, -0.25) is 4.79 Å². The van der Waals surface area contributed by atoms with Crippen LogP contribution in [0.4, 0.5) is 5.69 Å². The second-order valence-corrected chi connectivity index (χ2v) is 4.52. The van der Waals surface area contributed by atoms with Gasteiger partial charge in [0.05, 0.1) is 18.4 Å². The molecule has 1 aromatic rings. The zero-order chi connectivity index (χ0) is 13.5. The fourth-order valence-electron chi connectivity index (χ4n) is 1.84. The van der Waals surface area contributed by atoms with E-state index < -0.39 is 0 Å². The summed E-state index contributed by atoms with van der Waals surface area (Å²) < 4.78 is 1.53. The van der Waals surface area contributed by atoms with Crippen molar-refractivity contribution in [1.82, 2.24) is 15.1 Å². The lowest BCUT2D eigenvalue weighted by Crippen LogP contribution is -2.35. The normalized spacial score (nSPS) is 12.4. The minimum atomic E-state index is -0.0378. The highest BCUT2D eigenvalue weighted by molar-refractivity contribution is 5.41. The van der Waals surface area contributed by atoms with Crippen LogP contribution >= 0.6 is 0 Å². The van der Waals surface area contributed by atoms with E-state index in [1.807, 2.05) is 25.9 Å². The van der Waals surface area contributed by atoms with Crippen LogP contribution in [-0.2, 0) is 6.54 Å². The summed E-state index contributed by atoms with van der Waals surface area (Å²) in [7, 11) is 3.87. The maximum Gasteiger partial charge on any atom is 0.268 e. The third kappa shape index (κ3) is 3.84. The lowest BCUT2D eigenvalue weighted by Gasteiger charge is -2.18. The van der Waals surface area contributed by atoms with Crippen molar-refractivity contribution in [1.29, 1.82) is 0 Å². The van der Waals surface area contributed by atoms with Gasteiger partial charge in [-0.05, 0) is 20.4 Å². The molecule has 1 unspecified atom stereocenters. The van der Waals surface area contributed by atoms with Crippen molar-refractivity contribution in [2.24, 2.45) is 0 Å². The van der Waals surface area contributed by atoms with E-state index in [0.29, 0.717) is 12.6 Å². The standard InChI is InChI=1S/C13H24N4O/c1-5-7-11(14-3)10-17-13(18)8-12(9-15-17)16(4)6-2/h8-9,11,14H,5-7,10H2,1-4H3. The number of hydrogen-bond donors (Lipinski definition) is 1. The van der Waals surface area contributed by atoms with Crippen LogP contribution in [-0.4, -0.2) is 36.5 Å². The van der Waals surface area contributed by atoms with Crippen LogP contribution in [0.25, 0.3) is 0 Å². The van der Waals surface area contributed by atoms with E-state index >= 15 is 0 Å². The molecule has 0 saturated heterocycles. The predicted octanol–water partition coefficient (Wildman–Crippen LogP) is 1.09. The highest BCUT2D eigenvalue weighted by Crippen LogP contribution is 2.06. The van der Waals surface area contributed by atoms with Crippen molar-refractivity contribution in [3.05, 3.63) is 22.6 Å². The maximum absolute atomic E-state index is 12.0. The topological polar surface area (TPSA) is 50.2 Å². The van der Waals surface area contributed by atoms with E-state index in [-0.39, 0.29) is 5.56 Å². The van der Waals surface area contributed by atoms with Gasteiger partial charge in [0.2, 0.25) is 0 Å². The molecular formula is C13H24N4O. The van der Waals surface area contributed by atoms with Gasteiger partial charge in [-0.15, -0.1) is 0 Å². The molecule has 0 aliphatic carbocycles. The molecule has 0 amide bonds. The van der Waals surface area contributed by atoms with Gasteiger partial charge in [0.1, 0.15) is 0 Å². The first kappa shape index (κ1) is 14.7. The van der Waals surface area contributed by atoms with E-state index in [2.05, 4.69) is 17.3 Å². The van der Waals surface area contributed by atoms with Crippen molar-refractivity contribution in [2.75, 3.05) is 25.5 Å². The van der Waals surface area contributed by atoms with Gasteiger partial charge in [-0.1, -0.05) is 13.3 Å².